The smallest absolute Gasteiger partial charge is 0.340 e. The van der Waals surface area contributed by atoms with Gasteiger partial charge in [0.05, 0.1) is 28.8 Å². The summed E-state index contributed by atoms with van der Waals surface area (Å²) < 4.78 is 37.8. The second-order valence-corrected chi connectivity index (χ2v) is 11.8. The number of hydrogen-bond donors (Lipinski definition) is 0. The fraction of sp³-hybridized carbons (Fsp3) is 0.360. The highest BCUT2D eigenvalue weighted by Crippen LogP contribution is 2.46. The van der Waals surface area contributed by atoms with Crippen LogP contribution in [0, 0.1) is 0 Å². The first-order valence-electron chi connectivity index (χ1n) is 11.3. The molecule has 11 heteroatoms. The topological polar surface area (TPSA) is 93.2 Å². The Morgan fingerprint density at radius 3 is 2.44 bits per heavy atom. The molecule has 2 aliphatic heterocycles. The molecule has 0 bridgehead atoms. The van der Waals surface area contributed by atoms with Crippen molar-refractivity contribution in [2.24, 2.45) is 0 Å². The van der Waals surface area contributed by atoms with Gasteiger partial charge in [-0.25, -0.2) is 13.2 Å². The third kappa shape index (κ3) is 4.90. The lowest BCUT2D eigenvalue weighted by atomic mass is 9.83. The molecule has 2 aromatic carbocycles. The fourth-order valence-electron chi connectivity index (χ4n) is 4.48. The Balaban J connectivity index is 1.51. The first-order valence-corrected chi connectivity index (χ1v) is 13.5. The zero-order valence-corrected chi connectivity index (χ0v) is 22.4. The minimum atomic E-state index is -3.98. The molecule has 1 saturated heterocycles. The van der Waals surface area contributed by atoms with E-state index < -0.39 is 33.8 Å². The summed E-state index contributed by atoms with van der Waals surface area (Å²) in [6.45, 7) is 4.35. The van der Waals surface area contributed by atoms with Gasteiger partial charge in [-0.1, -0.05) is 55.2 Å². The minimum absolute atomic E-state index is 0.0798. The van der Waals surface area contributed by atoms with E-state index in [1.165, 1.54) is 16.4 Å². The number of halogens is 2. The number of hydrogen-bond acceptors (Lipinski definition) is 7. The predicted octanol–water partition coefficient (Wildman–Crippen LogP) is 4.05. The van der Waals surface area contributed by atoms with Gasteiger partial charge in [-0.05, 0) is 23.8 Å². The van der Waals surface area contributed by atoms with Crippen molar-refractivity contribution in [3.63, 3.8) is 0 Å². The first kappa shape index (κ1) is 26.6. The van der Waals surface area contributed by atoms with Gasteiger partial charge in [-0.3, -0.25) is 4.79 Å². The number of ketones is 1. The summed E-state index contributed by atoms with van der Waals surface area (Å²) in [4.78, 5) is 27.2. The molecule has 0 radical (unpaired) electrons. The zero-order chi connectivity index (χ0) is 26.3. The lowest BCUT2D eigenvalue weighted by Gasteiger charge is -2.26. The third-order valence-corrected chi connectivity index (χ3v) is 9.09. The lowest BCUT2D eigenvalue weighted by molar-refractivity contribution is -0.117. The highest BCUT2D eigenvalue weighted by Gasteiger charge is 2.38. The van der Waals surface area contributed by atoms with E-state index in [0.717, 1.165) is 23.0 Å². The Hall–Kier alpha value is -2.43. The standard InChI is InChI=1S/C25H26Cl2N2O6S/c1-25(2)18-6-4-5-7-21(18)28(3)23(25)12-16(30)15-35-24(31)17-13-22(20(27)14-19(17)26)36(32,33)29-8-10-34-11-9-29/h4-7,12-14H,8-11,15H2,1-3H3. The molecule has 0 saturated carbocycles. The van der Waals surface area contributed by atoms with E-state index in [1.54, 1.807) is 0 Å². The molecule has 0 aromatic heterocycles. The van der Waals surface area contributed by atoms with Gasteiger partial charge in [-0.15, -0.1) is 0 Å². The summed E-state index contributed by atoms with van der Waals surface area (Å²) in [7, 11) is -2.11. The molecule has 192 valence electrons. The van der Waals surface area contributed by atoms with Crippen LogP contribution in [-0.4, -0.2) is 64.4 Å². The number of nitrogens with zero attached hydrogens (tertiary/aromatic N) is 2. The van der Waals surface area contributed by atoms with Crippen LogP contribution in [0.1, 0.15) is 29.8 Å². The second kappa shape index (κ2) is 10.1. The van der Waals surface area contributed by atoms with E-state index in [1.807, 2.05) is 50.1 Å². The van der Waals surface area contributed by atoms with Gasteiger partial charge in [-0.2, -0.15) is 4.31 Å². The van der Waals surface area contributed by atoms with Crippen LogP contribution < -0.4 is 4.90 Å². The van der Waals surface area contributed by atoms with Crippen molar-refractivity contribution in [1.82, 2.24) is 4.31 Å². The number of fused-ring (bicyclic) bond motifs is 1. The van der Waals surface area contributed by atoms with Crippen LogP contribution >= 0.6 is 23.2 Å². The highest BCUT2D eigenvalue weighted by atomic mass is 35.5. The number of ether oxygens (including phenoxy) is 2. The van der Waals surface area contributed by atoms with E-state index in [-0.39, 0.29) is 46.8 Å². The van der Waals surface area contributed by atoms with Gasteiger partial charge in [0.1, 0.15) is 4.90 Å². The van der Waals surface area contributed by atoms with Crippen LogP contribution in [0.15, 0.2) is 53.1 Å². The van der Waals surface area contributed by atoms with Gasteiger partial charge in [0.2, 0.25) is 10.0 Å². The Bertz CT molecular complexity index is 1350. The molecule has 4 rings (SSSR count). The van der Waals surface area contributed by atoms with Crippen molar-refractivity contribution >= 4 is 50.7 Å². The average molecular weight is 553 g/mol. The Morgan fingerprint density at radius 2 is 1.78 bits per heavy atom. The Labute approximate surface area is 220 Å². The van der Waals surface area contributed by atoms with Crippen LogP contribution in [0.5, 0.6) is 0 Å². The average Bonchev–Trinajstić information content (AvgIpc) is 3.03. The molecular weight excluding hydrogens is 527 g/mol. The first-order chi connectivity index (χ1) is 16.9. The van der Waals surface area contributed by atoms with Crippen molar-refractivity contribution in [3.05, 3.63) is 69.3 Å². The van der Waals surface area contributed by atoms with Gasteiger partial charge in [0.15, 0.2) is 12.4 Å². The Kier molecular flexibility index (Phi) is 7.50. The summed E-state index contributed by atoms with van der Waals surface area (Å²) in [5.74, 6) is -1.35. The van der Waals surface area contributed by atoms with Gasteiger partial charge >= 0.3 is 5.97 Å². The molecule has 2 aromatic rings. The van der Waals surface area contributed by atoms with Crippen molar-refractivity contribution < 1.29 is 27.5 Å². The third-order valence-electron chi connectivity index (χ3n) is 6.41. The number of allylic oxidation sites excluding steroid dienone is 1. The normalized spacial score (nSPS) is 18.8. The van der Waals surface area contributed by atoms with Crippen molar-refractivity contribution in [1.29, 1.82) is 0 Å². The maximum atomic E-state index is 13.1. The number of rotatable bonds is 6. The predicted molar refractivity (Wildman–Crippen MR) is 137 cm³/mol. The number of morpholine rings is 1. The number of benzene rings is 2. The molecule has 0 spiro atoms. The van der Waals surface area contributed by atoms with Crippen molar-refractivity contribution in [3.8, 4) is 0 Å². The molecule has 1 fully saturated rings. The molecule has 0 amide bonds. The molecular formula is C25H26Cl2N2O6S. The number of carbonyl (C=O) groups is 2. The Morgan fingerprint density at radius 1 is 1.11 bits per heavy atom. The molecule has 0 aliphatic carbocycles. The van der Waals surface area contributed by atoms with E-state index in [4.69, 9.17) is 32.7 Å². The molecule has 8 nitrogen and oxygen atoms in total. The largest absolute Gasteiger partial charge is 0.454 e. The van der Waals surface area contributed by atoms with Gasteiger partial charge < -0.3 is 14.4 Å². The number of sulfonamides is 1. The summed E-state index contributed by atoms with van der Waals surface area (Å²) in [6, 6.07) is 10.1. The molecule has 0 unspecified atom stereocenters. The number of esters is 1. The zero-order valence-electron chi connectivity index (χ0n) is 20.1. The van der Waals surface area contributed by atoms with E-state index in [9.17, 15) is 18.0 Å². The molecule has 2 heterocycles. The van der Waals surface area contributed by atoms with Crippen LogP contribution in [0.25, 0.3) is 0 Å². The SMILES string of the molecule is CN1C(=CC(=O)COC(=O)c2cc(S(=O)(=O)N3CCOCC3)c(Cl)cc2Cl)C(C)(C)c2ccccc21. The summed E-state index contributed by atoms with van der Waals surface area (Å²) in [6.07, 6.45) is 1.46. The van der Waals surface area contributed by atoms with Gasteiger partial charge in [0.25, 0.3) is 0 Å². The fourth-order valence-corrected chi connectivity index (χ4v) is 6.71. The number of para-hydroxylation sites is 1. The van der Waals surface area contributed by atoms with Crippen LogP contribution in [0.4, 0.5) is 5.69 Å². The molecule has 0 N–H and O–H groups in total. The molecule has 36 heavy (non-hydrogen) atoms. The second-order valence-electron chi connectivity index (χ2n) is 9.05. The van der Waals surface area contributed by atoms with Crippen molar-refractivity contribution in [2.45, 2.75) is 24.2 Å². The molecule has 0 atom stereocenters. The summed E-state index contributed by atoms with van der Waals surface area (Å²) >= 11 is 12.3. The van der Waals surface area contributed by atoms with Crippen LogP contribution in [-0.2, 0) is 29.7 Å². The van der Waals surface area contributed by atoms with Crippen LogP contribution in [0.2, 0.25) is 10.0 Å². The number of anilines is 1. The van der Waals surface area contributed by atoms with E-state index >= 15 is 0 Å². The monoisotopic (exact) mass is 552 g/mol. The van der Waals surface area contributed by atoms with Gasteiger partial charge in [0, 0.05) is 43.0 Å². The highest BCUT2D eigenvalue weighted by molar-refractivity contribution is 7.89. The minimum Gasteiger partial charge on any atom is -0.454 e. The van der Waals surface area contributed by atoms with Crippen LogP contribution in [0.3, 0.4) is 0 Å². The number of likely N-dealkylation sites (N-methyl/N-ethyl adjacent to an activating group) is 1. The maximum Gasteiger partial charge on any atom is 0.340 e. The summed E-state index contributed by atoms with van der Waals surface area (Å²) in [5, 5.41) is -0.196. The number of carbonyl (C=O) groups excluding carboxylic acids is 2. The summed E-state index contributed by atoms with van der Waals surface area (Å²) in [5.41, 5.74) is 2.26. The lowest BCUT2D eigenvalue weighted by Crippen LogP contribution is -2.40. The van der Waals surface area contributed by atoms with Crippen molar-refractivity contribution in [2.75, 3.05) is 44.9 Å². The quantitative estimate of drug-likeness (QED) is 0.394. The van der Waals surface area contributed by atoms with E-state index in [0.29, 0.717) is 0 Å². The van der Waals surface area contributed by atoms with E-state index in [2.05, 4.69) is 0 Å². The maximum absolute atomic E-state index is 13.1. The molecule has 2 aliphatic rings.